The van der Waals surface area contributed by atoms with E-state index in [1.54, 1.807) is 54.6 Å². The molecule has 0 aromatic heterocycles. The summed E-state index contributed by atoms with van der Waals surface area (Å²) in [5.74, 6) is -0.00767. The first-order valence-corrected chi connectivity index (χ1v) is 12.0. The Balaban J connectivity index is 1.28. The monoisotopic (exact) mass is 494 g/mol. The summed E-state index contributed by atoms with van der Waals surface area (Å²) < 4.78 is 0. The number of nitrogens with one attached hydrogen (secondary N) is 2. The minimum absolute atomic E-state index is 0.249. The highest BCUT2D eigenvalue weighted by molar-refractivity contribution is 6.34. The number of carbonyl (C=O) groups is 3. The number of aliphatic imine (C=N–C) groups is 2. The van der Waals surface area contributed by atoms with Gasteiger partial charge in [-0.3, -0.25) is 14.4 Å². The molecule has 180 valence electrons. The molecule has 3 aliphatic rings. The average Bonchev–Trinajstić information content (AvgIpc) is 3.43. The van der Waals surface area contributed by atoms with Gasteiger partial charge in [-0.25, -0.2) is 4.99 Å². The van der Waals surface area contributed by atoms with E-state index in [9.17, 15) is 14.4 Å². The van der Waals surface area contributed by atoms with Gasteiger partial charge in [-0.15, -0.1) is 0 Å². The van der Waals surface area contributed by atoms with Crippen LogP contribution in [0.1, 0.15) is 58.9 Å². The second kappa shape index (κ2) is 8.04. The molecule has 0 fully saturated rings. The number of ketones is 2. The molecule has 7 rings (SSSR count). The van der Waals surface area contributed by atoms with Gasteiger partial charge >= 0.3 is 0 Å². The molecule has 7 nitrogen and oxygen atoms in total. The van der Waals surface area contributed by atoms with E-state index in [1.165, 1.54) is 0 Å². The summed E-state index contributed by atoms with van der Waals surface area (Å²) in [6.07, 6.45) is 0. The van der Waals surface area contributed by atoms with E-state index in [0.717, 1.165) is 11.1 Å². The van der Waals surface area contributed by atoms with E-state index in [4.69, 9.17) is 0 Å². The summed E-state index contributed by atoms with van der Waals surface area (Å²) in [5, 5.41) is 6.41. The van der Waals surface area contributed by atoms with Gasteiger partial charge in [0.15, 0.2) is 11.6 Å². The highest BCUT2D eigenvalue weighted by Gasteiger charge is 2.35. The second-order valence-electron chi connectivity index (χ2n) is 9.13. The first-order valence-electron chi connectivity index (χ1n) is 12.0. The maximum Gasteiger partial charge on any atom is 0.279 e. The fraction of sp³-hybridized carbons (Fsp3) is 0. The third kappa shape index (κ3) is 3.12. The fourth-order valence-corrected chi connectivity index (χ4v) is 5.19. The van der Waals surface area contributed by atoms with E-state index >= 15 is 0 Å². The minimum Gasteiger partial charge on any atom is -0.339 e. The van der Waals surface area contributed by atoms with Crippen LogP contribution in [-0.2, 0) is 0 Å². The summed E-state index contributed by atoms with van der Waals surface area (Å²) in [6, 6.07) is 25.0. The van der Waals surface area contributed by atoms with Crippen LogP contribution in [-0.4, -0.2) is 29.1 Å². The van der Waals surface area contributed by atoms with Gasteiger partial charge in [0.1, 0.15) is 11.7 Å². The van der Waals surface area contributed by atoms with Crippen LogP contribution in [0.15, 0.2) is 101 Å². The minimum atomic E-state index is -0.351. The van der Waals surface area contributed by atoms with Crippen LogP contribution >= 0.6 is 0 Å². The first-order chi connectivity index (χ1) is 18.5. The van der Waals surface area contributed by atoms with Crippen LogP contribution in [0.4, 0.5) is 11.4 Å². The van der Waals surface area contributed by atoms with Gasteiger partial charge in [-0.1, -0.05) is 73.3 Å². The van der Waals surface area contributed by atoms with E-state index < -0.39 is 0 Å². The maximum atomic E-state index is 13.8. The number of carbonyl (C=O) groups excluding carboxylic acids is 3. The molecule has 0 radical (unpaired) electrons. The highest BCUT2D eigenvalue weighted by atomic mass is 16.1. The van der Waals surface area contributed by atoms with Gasteiger partial charge in [-0.05, 0) is 18.2 Å². The maximum absolute atomic E-state index is 13.8. The predicted octanol–water partition coefficient (Wildman–Crippen LogP) is 5.32. The zero-order valence-electron chi connectivity index (χ0n) is 19.9. The molecule has 4 aromatic rings. The topological polar surface area (TPSA) is 100.0 Å². The van der Waals surface area contributed by atoms with E-state index in [2.05, 4.69) is 27.2 Å². The Labute approximate surface area is 217 Å². The number of benzene rings is 4. The SMILES string of the molecule is C=C1N=C(Nc2cccc3c2C(=O)c2cccc(NC4=NC(=O)c5ccccc54)c2C3=O)c2ccccc21. The lowest BCUT2D eigenvalue weighted by molar-refractivity contribution is 0.0980. The van der Waals surface area contributed by atoms with Gasteiger partial charge in [0, 0.05) is 27.8 Å². The molecule has 1 amide bonds. The number of hydrogen-bond donors (Lipinski definition) is 2. The third-order valence-corrected chi connectivity index (χ3v) is 6.94. The largest absolute Gasteiger partial charge is 0.339 e. The van der Waals surface area contributed by atoms with Gasteiger partial charge in [0.05, 0.1) is 33.8 Å². The molecule has 7 heteroatoms. The van der Waals surface area contributed by atoms with Gasteiger partial charge < -0.3 is 10.6 Å². The molecule has 38 heavy (non-hydrogen) atoms. The summed E-state index contributed by atoms with van der Waals surface area (Å²) >= 11 is 0. The molecule has 2 N–H and O–H groups in total. The number of amides is 1. The van der Waals surface area contributed by atoms with Crippen molar-refractivity contribution in [3.05, 3.63) is 136 Å². The number of rotatable bonds is 2. The van der Waals surface area contributed by atoms with Crippen LogP contribution in [0.25, 0.3) is 5.70 Å². The number of hydrogen-bond acceptors (Lipinski definition) is 6. The normalized spacial score (nSPS) is 14.8. The molecule has 2 aliphatic heterocycles. The second-order valence-corrected chi connectivity index (χ2v) is 9.13. The summed E-state index contributed by atoms with van der Waals surface area (Å²) in [4.78, 5) is 48.7. The fourth-order valence-electron chi connectivity index (χ4n) is 5.19. The molecule has 4 aromatic carbocycles. The van der Waals surface area contributed by atoms with Crippen molar-refractivity contribution in [3.63, 3.8) is 0 Å². The van der Waals surface area contributed by atoms with Crippen LogP contribution < -0.4 is 10.6 Å². The Hall–Kier alpha value is -5.43. The van der Waals surface area contributed by atoms with Crippen molar-refractivity contribution in [1.29, 1.82) is 0 Å². The molecule has 0 unspecified atom stereocenters. The Morgan fingerprint density at radius 3 is 1.53 bits per heavy atom. The predicted molar refractivity (Wildman–Crippen MR) is 146 cm³/mol. The lowest BCUT2D eigenvalue weighted by atomic mass is 9.82. The van der Waals surface area contributed by atoms with Crippen molar-refractivity contribution in [2.24, 2.45) is 9.98 Å². The number of nitrogens with zero attached hydrogens (tertiary/aromatic N) is 2. The molecular formula is C31H18N4O3. The Kier molecular flexibility index (Phi) is 4.62. The molecule has 0 bridgehead atoms. The van der Waals surface area contributed by atoms with Crippen LogP contribution in [0.3, 0.4) is 0 Å². The van der Waals surface area contributed by atoms with E-state index in [0.29, 0.717) is 45.4 Å². The van der Waals surface area contributed by atoms with Crippen molar-refractivity contribution in [2.75, 3.05) is 10.6 Å². The molecule has 1 aliphatic carbocycles. The molecular weight excluding hydrogens is 476 g/mol. The number of fused-ring (bicyclic) bond motifs is 4. The van der Waals surface area contributed by atoms with Gasteiger partial charge in [-0.2, -0.15) is 4.99 Å². The van der Waals surface area contributed by atoms with Crippen molar-refractivity contribution >= 4 is 46.2 Å². The zero-order chi connectivity index (χ0) is 26.0. The van der Waals surface area contributed by atoms with Crippen molar-refractivity contribution in [1.82, 2.24) is 0 Å². The van der Waals surface area contributed by atoms with Crippen LogP contribution in [0.2, 0.25) is 0 Å². The molecule has 2 heterocycles. The lowest BCUT2D eigenvalue weighted by Gasteiger charge is -2.23. The zero-order valence-corrected chi connectivity index (χ0v) is 19.9. The molecule has 0 saturated heterocycles. The highest BCUT2D eigenvalue weighted by Crippen LogP contribution is 2.37. The number of amidine groups is 2. The summed E-state index contributed by atoms with van der Waals surface area (Å²) in [6.45, 7) is 4.02. The van der Waals surface area contributed by atoms with Crippen molar-refractivity contribution < 1.29 is 14.4 Å². The standard InChI is InChI=1S/C31H18N4O3/c1-16-17-8-2-3-9-18(17)29(32-16)33-23-14-6-12-21-25(23)27(36)22-13-7-15-24(26(22)28(21)37)34-30-19-10-4-5-11-20(19)31(38)35-30/h2-15H,1H2,(H,32,33)(H,34,35,38). The molecule has 0 atom stereocenters. The molecule has 0 spiro atoms. The van der Waals surface area contributed by atoms with Crippen molar-refractivity contribution in [2.45, 2.75) is 0 Å². The van der Waals surface area contributed by atoms with Crippen LogP contribution in [0.5, 0.6) is 0 Å². The summed E-state index contributed by atoms with van der Waals surface area (Å²) in [7, 11) is 0. The average molecular weight is 495 g/mol. The van der Waals surface area contributed by atoms with Gasteiger partial charge in [0.2, 0.25) is 0 Å². The lowest BCUT2D eigenvalue weighted by Crippen LogP contribution is -2.26. The third-order valence-electron chi connectivity index (χ3n) is 6.94. The van der Waals surface area contributed by atoms with Crippen molar-refractivity contribution in [3.8, 4) is 0 Å². The Morgan fingerprint density at radius 2 is 0.947 bits per heavy atom. The Morgan fingerprint density at radius 1 is 0.500 bits per heavy atom. The molecule has 0 saturated carbocycles. The van der Waals surface area contributed by atoms with E-state index in [-0.39, 0.29) is 34.2 Å². The summed E-state index contributed by atoms with van der Waals surface area (Å²) in [5.41, 5.74) is 5.57. The van der Waals surface area contributed by atoms with E-state index in [1.807, 2.05) is 30.3 Å². The number of anilines is 2. The smallest absolute Gasteiger partial charge is 0.279 e. The first kappa shape index (κ1) is 21.8. The quantitative estimate of drug-likeness (QED) is 0.346. The van der Waals surface area contributed by atoms with Gasteiger partial charge in [0.25, 0.3) is 5.91 Å². The Bertz CT molecular complexity index is 1710. The van der Waals surface area contributed by atoms with Crippen LogP contribution in [0, 0.1) is 0 Å².